The summed E-state index contributed by atoms with van der Waals surface area (Å²) >= 11 is 1.34. The van der Waals surface area contributed by atoms with E-state index in [1.807, 2.05) is 13.8 Å². The van der Waals surface area contributed by atoms with Gasteiger partial charge in [0.15, 0.2) is 5.96 Å². The molecule has 0 aliphatic carbocycles. The fourth-order valence-corrected chi connectivity index (χ4v) is 7.48. The zero-order chi connectivity index (χ0) is 54.0. The maximum absolute atomic E-state index is 14.3. The highest BCUT2D eigenvalue weighted by atomic mass is 32.2. The summed E-state index contributed by atoms with van der Waals surface area (Å²) in [7, 11) is 0. The molecule has 0 aliphatic rings. The molecule has 24 nitrogen and oxygen atoms in total. The van der Waals surface area contributed by atoms with Crippen LogP contribution < -0.4 is 54.4 Å². The van der Waals surface area contributed by atoms with Crippen LogP contribution >= 0.6 is 11.8 Å². The average Bonchev–Trinajstić information content (AvgIpc) is 3.27. The predicted octanol–water partition coefficient (Wildman–Crippen LogP) is -1.46. The number of aliphatic imine (C=N–C) groups is 1. The average molecular weight is 1020 g/mol. The molecule has 0 radical (unpaired) electrons. The van der Waals surface area contributed by atoms with Crippen LogP contribution in [0, 0.1) is 17.8 Å². The Kier molecular flexibility index (Phi) is 28.9. The molecule has 0 heterocycles. The molecule has 1 aromatic carbocycles. The number of guanidine groups is 1. The van der Waals surface area contributed by atoms with Gasteiger partial charge in [-0.25, -0.2) is 4.79 Å². The van der Waals surface area contributed by atoms with E-state index < -0.39 is 121 Å². The first kappa shape index (κ1) is 62.8. The standard InChI is InChI=1S/C46H77N11O13S/c1-24(2)19-29(47)38(62)54-33(20-25(3)4)41(65)51-30(14-15-37(60)61)39(63)56-35(22-27-10-12-28(59)13-11-27)43(67)55-34(21-26(5)6)42(66)57-36(23-58)44(68)52-31(16-18-71-7)40(64)53-32(45(69)70)9-8-17-50-46(48)49/h10-13,24-26,29-36,58-59H,8-9,14-23,47H2,1-7H3,(H,51,65)(H,52,68)(H,53,64)(H,54,62)(H,55,67)(H,56,63)(H,57,66)(H,60,61)(H,69,70)(H4,48,49,50)/t29-,30-,31-,32-,33-,34-,35-,36-/m0/s1. The molecule has 17 N–H and O–H groups in total. The Hall–Kier alpha value is -6.21. The minimum Gasteiger partial charge on any atom is -0.508 e. The lowest BCUT2D eigenvalue weighted by molar-refractivity contribution is -0.142. The van der Waals surface area contributed by atoms with E-state index >= 15 is 0 Å². The zero-order valence-corrected chi connectivity index (χ0v) is 42.5. The molecule has 0 saturated carbocycles. The number of aliphatic hydroxyl groups is 1. The van der Waals surface area contributed by atoms with Crippen molar-refractivity contribution in [2.24, 2.45) is 39.9 Å². The van der Waals surface area contributed by atoms with Crippen molar-refractivity contribution in [2.75, 3.05) is 25.2 Å². The summed E-state index contributed by atoms with van der Waals surface area (Å²) in [4.78, 5) is 124. The molecule has 71 heavy (non-hydrogen) atoms. The van der Waals surface area contributed by atoms with E-state index in [4.69, 9.17) is 17.2 Å². The number of carbonyl (C=O) groups is 9. The minimum atomic E-state index is -1.67. The fourth-order valence-electron chi connectivity index (χ4n) is 7.01. The lowest BCUT2D eigenvalue weighted by atomic mass is 9.99. The van der Waals surface area contributed by atoms with Gasteiger partial charge in [0.25, 0.3) is 0 Å². The summed E-state index contributed by atoms with van der Waals surface area (Å²) in [5, 5.41) is 57.1. The van der Waals surface area contributed by atoms with Crippen LogP contribution in [-0.4, -0.2) is 153 Å². The molecule has 0 fully saturated rings. The highest BCUT2D eigenvalue weighted by Gasteiger charge is 2.35. The maximum Gasteiger partial charge on any atom is 0.326 e. The third kappa shape index (κ3) is 25.5. The van der Waals surface area contributed by atoms with E-state index in [9.17, 15) is 63.6 Å². The van der Waals surface area contributed by atoms with Crippen molar-refractivity contribution in [3.63, 3.8) is 0 Å². The number of aliphatic carboxylic acids is 2. The fraction of sp³-hybridized carbons (Fsp3) is 0.652. The predicted molar refractivity (Wildman–Crippen MR) is 266 cm³/mol. The molecule has 400 valence electrons. The van der Waals surface area contributed by atoms with Crippen molar-refractivity contribution >= 4 is 71.0 Å². The second-order valence-electron chi connectivity index (χ2n) is 18.5. The number of carbonyl (C=O) groups excluding carboxylic acids is 7. The first-order valence-corrected chi connectivity index (χ1v) is 24.9. The molecular formula is C46H77N11O13S. The largest absolute Gasteiger partial charge is 0.508 e. The molecule has 1 rings (SSSR count). The van der Waals surface area contributed by atoms with Gasteiger partial charge in [-0.3, -0.25) is 43.3 Å². The third-order valence-corrected chi connectivity index (χ3v) is 11.3. The van der Waals surface area contributed by atoms with Crippen LogP contribution in [0.25, 0.3) is 0 Å². The third-order valence-electron chi connectivity index (χ3n) is 10.7. The summed E-state index contributed by atoms with van der Waals surface area (Å²) in [6.45, 7) is 9.98. The van der Waals surface area contributed by atoms with E-state index in [1.165, 1.54) is 36.0 Å². The van der Waals surface area contributed by atoms with Crippen LogP contribution in [0.2, 0.25) is 0 Å². The van der Waals surface area contributed by atoms with Crippen molar-refractivity contribution < 1.29 is 63.6 Å². The Morgan fingerprint density at radius 2 is 1.00 bits per heavy atom. The highest BCUT2D eigenvalue weighted by Crippen LogP contribution is 2.15. The van der Waals surface area contributed by atoms with E-state index in [1.54, 1.807) is 34.0 Å². The first-order chi connectivity index (χ1) is 33.3. The summed E-state index contributed by atoms with van der Waals surface area (Å²) < 4.78 is 0. The summed E-state index contributed by atoms with van der Waals surface area (Å²) in [5.41, 5.74) is 17.1. The van der Waals surface area contributed by atoms with E-state index in [2.05, 4.69) is 42.2 Å². The molecule has 0 unspecified atom stereocenters. The Bertz CT molecular complexity index is 1950. The Morgan fingerprint density at radius 3 is 1.46 bits per heavy atom. The molecule has 7 amide bonds. The molecule has 25 heteroatoms. The molecule has 1 aromatic rings. The monoisotopic (exact) mass is 1020 g/mol. The van der Waals surface area contributed by atoms with Gasteiger partial charge in [0.1, 0.15) is 48.0 Å². The Balaban J connectivity index is 3.48. The minimum absolute atomic E-state index is 0.0309. The molecule has 0 saturated heterocycles. The van der Waals surface area contributed by atoms with Crippen molar-refractivity contribution in [2.45, 2.75) is 148 Å². The van der Waals surface area contributed by atoms with E-state index in [-0.39, 0.29) is 74.5 Å². The van der Waals surface area contributed by atoms with Gasteiger partial charge in [-0.1, -0.05) is 53.7 Å². The Morgan fingerprint density at radius 1 is 0.577 bits per heavy atom. The van der Waals surface area contributed by atoms with Gasteiger partial charge in [-0.05, 0) is 92.4 Å². The van der Waals surface area contributed by atoms with Crippen LogP contribution in [0.1, 0.15) is 98.5 Å². The van der Waals surface area contributed by atoms with Crippen molar-refractivity contribution in [3.8, 4) is 5.75 Å². The van der Waals surface area contributed by atoms with E-state index in [0.717, 1.165) is 0 Å². The second kappa shape index (κ2) is 32.6. The number of carboxylic acids is 2. The quantitative estimate of drug-likeness (QED) is 0.0213. The smallest absolute Gasteiger partial charge is 0.326 e. The number of phenols is 1. The number of hydrogen-bond donors (Lipinski definition) is 14. The van der Waals surface area contributed by atoms with Crippen LogP contribution in [-0.2, 0) is 49.6 Å². The van der Waals surface area contributed by atoms with Gasteiger partial charge in [-0.2, -0.15) is 11.8 Å². The molecule has 8 atom stereocenters. The van der Waals surface area contributed by atoms with Gasteiger partial charge in [0.2, 0.25) is 41.4 Å². The van der Waals surface area contributed by atoms with Gasteiger partial charge < -0.3 is 74.8 Å². The van der Waals surface area contributed by atoms with Crippen molar-refractivity contribution in [1.29, 1.82) is 0 Å². The van der Waals surface area contributed by atoms with Crippen LogP contribution in [0.4, 0.5) is 0 Å². The van der Waals surface area contributed by atoms with Crippen LogP contribution in [0.5, 0.6) is 5.75 Å². The number of rotatable bonds is 34. The molecular weight excluding hydrogens is 947 g/mol. The Labute approximate surface area is 419 Å². The van der Waals surface area contributed by atoms with Crippen LogP contribution in [0.15, 0.2) is 29.3 Å². The van der Waals surface area contributed by atoms with Gasteiger partial charge in [-0.15, -0.1) is 0 Å². The number of nitrogens with two attached hydrogens (primary N) is 3. The zero-order valence-electron chi connectivity index (χ0n) is 41.7. The SMILES string of the molecule is CSCC[C@H](NC(=O)[C@H](CO)NC(=O)[C@H](CC(C)C)NC(=O)[C@H](Cc1ccc(O)cc1)NC(=O)[C@H](CCC(=O)O)NC(=O)[C@H](CC(C)C)NC(=O)[C@@H](N)CC(C)C)C(=O)N[C@@H](CCCN=C(N)N)C(=O)O. The summed E-state index contributed by atoms with van der Waals surface area (Å²) in [6.07, 6.45) is 1.11. The molecule has 0 bridgehead atoms. The normalized spacial score (nSPS) is 14.6. The number of amides is 7. The lowest BCUT2D eigenvalue weighted by Crippen LogP contribution is -2.61. The molecule has 0 aromatic heterocycles. The topological polar surface area (TPSA) is 409 Å². The number of hydrogen-bond acceptors (Lipinski definition) is 14. The summed E-state index contributed by atoms with van der Waals surface area (Å²) in [6, 6.07) is -5.27. The number of thioether (sulfide) groups is 1. The van der Waals surface area contributed by atoms with E-state index in [0.29, 0.717) is 17.7 Å². The highest BCUT2D eigenvalue weighted by molar-refractivity contribution is 7.98. The first-order valence-electron chi connectivity index (χ1n) is 23.5. The molecule has 0 spiro atoms. The van der Waals surface area contributed by atoms with Crippen LogP contribution in [0.3, 0.4) is 0 Å². The van der Waals surface area contributed by atoms with Crippen molar-refractivity contribution in [3.05, 3.63) is 29.8 Å². The van der Waals surface area contributed by atoms with Crippen molar-refractivity contribution in [1.82, 2.24) is 37.2 Å². The van der Waals surface area contributed by atoms with Gasteiger partial charge in [0.05, 0.1) is 12.6 Å². The lowest BCUT2D eigenvalue weighted by Gasteiger charge is -2.28. The number of carboxylic acid groups (broad SMARTS) is 2. The number of aliphatic hydroxyl groups excluding tert-OH is 1. The maximum atomic E-state index is 14.3. The number of benzene rings is 1. The summed E-state index contributed by atoms with van der Waals surface area (Å²) in [5.74, 6) is -9.00. The van der Waals surface area contributed by atoms with Gasteiger partial charge in [0, 0.05) is 19.4 Å². The molecule has 0 aliphatic heterocycles. The second-order valence-corrected chi connectivity index (χ2v) is 19.5. The number of nitrogens with zero attached hydrogens (tertiary/aromatic N) is 1. The number of aromatic hydroxyl groups is 1. The van der Waals surface area contributed by atoms with Gasteiger partial charge >= 0.3 is 11.9 Å². The number of nitrogens with one attached hydrogen (secondary N) is 7. The number of phenolic OH excluding ortho intramolecular Hbond substituents is 1.